The summed E-state index contributed by atoms with van der Waals surface area (Å²) < 4.78 is 29.7. The van der Waals surface area contributed by atoms with Gasteiger partial charge < -0.3 is 16.0 Å². The molecule has 10 heteroatoms. The molecule has 0 aliphatic carbocycles. The number of hydrogen-bond donors (Lipinski definition) is 2. The fraction of sp³-hybridized carbons (Fsp3) is 0.267. The van der Waals surface area contributed by atoms with E-state index in [1.54, 1.807) is 27.1 Å². The number of aliphatic imine (C=N–C) groups is 1. The molecule has 1 aliphatic rings. The minimum Gasteiger partial charge on any atom is -0.324 e. The maximum atomic E-state index is 14.9. The first-order chi connectivity index (χ1) is 18.5. The average molecular weight is 563 g/mol. The van der Waals surface area contributed by atoms with E-state index in [2.05, 4.69) is 15.3 Å². The van der Waals surface area contributed by atoms with Crippen LogP contribution in [-0.2, 0) is 11.3 Å². The highest BCUT2D eigenvalue weighted by Gasteiger charge is 2.30. The molecular formula is C30H32F2N6OS. The minimum absolute atomic E-state index is 0. The summed E-state index contributed by atoms with van der Waals surface area (Å²) in [7, 11) is 1.67. The fourth-order valence-electron chi connectivity index (χ4n) is 4.70. The van der Waals surface area contributed by atoms with E-state index in [1.807, 2.05) is 38.1 Å². The number of nitrogens with zero attached hydrogens (tertiary/aromatic N) is 4. The number of amides is 1. The highest BCUT2D eigenvalue weighted by Crippen LogP contribution is 2.41. The van der Waals surface area contributed by atoms with E-state index in [0.29, 0.717) is 28.6 Å². The first-order valence-electron chi connectivity index (χ1n) is 12.3. The van der Waals surface area contributed by atoms with E-state index < -0.39 is 17.2 Å². The Morgan fingerprint density at radius 1 is 1.05 bits per heavy atom. The standard InChI is InChI=1S/C29H28F2N6OS.CH4/c1-15-22-23(16(2)39-15)26(24-20(30)10-7-11-21(24)31)33-13-17-14-34-28(36-25(17)22)35-18-8-6-9-19(12-18)37(5)27(38)29(3,4)32;/h6-12,14H,13,32H2,1-5H3,(H,34,35,36);1H4. The summed E-state index contributed by atoms with van der Waals surface area (Å²) in [4.78, 5) is 30.0. The Kier molecular flexibility index (Phi) is 7.87. The first-order valence-corrected chi connectivity index (χ1v) is 13.2. The van der Waals surface area contributed by atoms with Crippen LogP contribution in [0.15, 0.2) is 53.7 Å². The Morgan fingerprint density at radius 2 is 1.70 bits per heavy atom. The molecule has 2 aromatic carbocycles. The molecular weight excluding hydrogens is 530 g/mol. The van der Waals surface area contributed by atoms with Crippen molar-refractivity contribution in [3.05, 3.63) is 86.7 Å². The third-order valence-corrected chi connectivity index (χ3v) is 7.57. The van der Waals surface area contributed by atoms with Crippen LogP contribution < -0.4 is 16.0 Å². The topological polar surface area (TPSA) is 96.5 Å². The molecule has 2 aromatic heterocycles. The number of aromatic nitrogens is 2. The van der Waals surface area contributed by atoms with E-state index in [4.69, 9.17) is 10.7 Å². The van der Waals surface area contributed by atoms with Crippen molar-refractivity contribution < 1.29 is 13.6 Å². The van der Waals surface area contributed by atoms with Crippen LogP contribution in [0.3, 0.4) is 0 Å². The molecule has 7 nitrogen and oxygen atoms in total. The number of nitrogens with one attached hydrogen (secondary N) is 1. The second kappa shape index (κ2) is 10.9. The number of carbonyl (C=O) groups is 1. The van der Waals surface area contributed by atoms with Crippen LogP contribution in [0, 0.1) is 25.5 Å². The van der Waals surface area contributed by atoms with Gasteiger partial charge in [0.05, 0.1) is 29.1 Å². The Hall–Kier alpha value is -4.02. The van der Waals surface area contributed by atoms with Crippen molar-refractivity contribution in [1.29, 1.82) is 0 Å². The van der Waals surface area contributed by atoms with Crippen LogP contribution >= 0.6 is 11.3 Å². The second-order valence-corrected chi connectivity index (χ2v) is 11.5. The lowest BCUT2D eigenvalue weighted by atomic mass is 9.95. The van der Waals surface area contributed by atoms with Crippen molar-refractivity contribution >= 4 is 40.3 Å². The van der Waals surface area contributed by atoms with Crippen molar-refractivity contribution in [2.24, 2.45) is 10.7 Å². The van der Waals surface area contributed by atoms with Crippen molar-refractivity contribution in [3.63, 3.8) is 0 Å². The number of carbonyl (C=O) groups excluding carboxylic acids is 1. The van der Waals surface area contributed by atoms with Crippen LogP contribution in [0.25, 0.3) is 11.3 Å². The van der Waals surface area contributed by atoms with Crippen LogP contribution in [0.5, 0.6) is 0 Å². The number of halogens is 2. The summed E-state index contributed by atoms with van der Waals surface area (Å²) in [6.07, 6.45) is 1.68. The monoisotopic (exact) mass is 562 g/mol. The fourth-order valence-corrected chi connectivity index (χ4v) is 5.76. The number of nitrogens with two attached hydrogens (primary N) is 1. The smallest absolute Gasteiger partial charge is 0.246 e. The maximum absolute atomic E-state index is 14.9. The molecule has 3 N–H and O–H groups in total. The van der Waals surface area contributed by atoms with Crippen molar-refractivity contribution in [2.45, 2.75) is 47.2 Å². The molecule has 0 bridgehead atoms. The number of fused-ring (bicyclic) bond motifs is 3. The van der Waals surface area contributed by atoms with Gasteiger partial charge in [-0.3, -0.25) is 9.79 Å². The van der Waals surface area contributed by atoms with Gasteiger partial charge in [-0.2, -0.15) is 0 Å². The Morgan fingerprint density at radius 3 is 2.38 bits per heavy atom. The number of aryl methyl sites for hydroxylation is 2. The average Bonchev–Trinajstić information content (AvgIpc) is 3.07. The number of hydrogen-bond acceptors (Lipinski definition) is 7. The zero-order valence-corrected chi connectivity index (χ0v) is 23.1. The number of anilines is 3. The third kappa shape index (κ3) is 5.24. The van der Waals surface area contributed by atoms with Crippen LogP contribution in [-0.4, -0.2) is 34.2 Å². The number of rotatable bonds is 5. The predicted octanol–water partition coefficient (Wildman–Crippen LogP) is 6.53. The van der Waals surface area contributed by atoms with Gasteiger partial charge in [0.2, 0.25) is 11.9 Å². The van der Waals surface area contributed by atoms with E-state index in [0.717, 1.165) is 20.9 Å². The van der Waals surface area contributed by atoms with E-state index >= 15 is 0 Å². The van der Waals surface area contributed by atoms with Crippen molar-refractivity contribution in [2.75, 3.05) is 17.3 Å². The molecule has 0 atom stereocenters. The zero-order chi connectivity index (χ0) is 28.1. The number of benzene rings is 2. The lowest BCUT2D eigenvalue weighted by Gasteiger charge is -2.26. The molecule has 4 aromatic rings. The molecule has 1 amide bonds. The number of thiophene rings is 1. The molecule has 0 saturated heterocycles. The molecule has 40 heavy (non-hydrogen) atoms. The van der Waals surface area contributed by atoms with E-state index in [1.165, 1.54) is 34.4 Å². The summed E-state index contributed by atoms with van der Waals surface area (Å²) in [6, 6.07) is 11.1. The van der Waals surface area contributed by atoms with Crippen LogP contribution in [0.4, 0.5) is 26.1 Å². The third-order valence-electron chi connectivity index (χ3n) is 6.55. The normalized spacial score (nSPS) is 12.4. The molecule has 0 unspecified atom stereocenters. The lowest BCUT2D eigenvalue weighted by molar-refractivity contribution is -0.122. The summed E-state index contributed by atoms with van der Waals surface area (Å²) in [5, 5.41) is 3.22. The Balaban J connectivity index is 0.00000370. The van der Waals surface area contributed by atoms with Crippen molar-refractivity contribution in [3.8, 4) is 11.3 Å². The number of likely N-dealkylation sites (N-methyl/N-ethyl adjacent to an activating group) is 1. The van der Waals surface area contributed by atoms with Crippen LogP contribution in [0.2, 0.25) is 0 Å². The van der Waals surface area contributed by atoms with E-state index in [-0.39, 0.29) is 31.2 Å². The molecule has 0 fully saturated rings. The van der Waals surface area contributed by atoms with Gasteiger partial charge in [0, 0.05) is 51.1 Å². The van der Waals surface area contributed by atoms with Gasteiger partial charge in [0.25, 0.3) is 0 Å². The highest BCUT2D eigenvalue weighted by atomic mass is 32.1. The molecule has 0 spiro atoms. The van der Waals surface area contributed by atoms with E-state index in [9.17, 15) is 13.6 Å². The quantitative estimate of drug-likeness (QED) is 0.288. The summed E-state index contributed by atoms with van der Waals surface area (Å²) in [6.45, 7) is 7.38. The Labute approximate surface area is 236 Å². The minimum atomic E-state index is -1.01. The van der Waals surface area contributed by atoms with Gasteiger partial charge >= 0.3 is 0 Å². The first kappa shape index (κ1) is 29.0. The lowest BCUT2D eigenvalue weighted by Crippen LogP contribution is -2.49. The molecule has 0 saturated carbocycles. The molecule has 3 heterocycles. The van der Waals surface area contributed by atoms with Gasteiger partial charge in [-0.1, -0.05) is 19.6 Å². The van der Waals surface area contributed by atoms with Gasteiger partial charge in [-0.25, -0.2) is 18.7 Å². The molecule has 0 radical (unpaired) electrons. The van der Waals surface area contributed by atoms with Crippen molar-refractivity contribution in [1.82, 2.24) is 9.97 Å². The van der Waals surface area contributed by atoms with Gasteiger partial charge in [0.15, 0.2) is 0 Å². The molecule has 5 rings (SSSR count). The molecule has 208 valence electrons. The van der Waals surface area contributed by atoms with Gasteiger partial charge in [-0.15, -0.1) is 11.3 Å². The Bertz CT molecular complexity index is 1620. The second-order valence-electron chi connectivity index (χ2n) is 10.1. The van der Waals surface area contributed by atoms with Gasteiger partial charge in [0.1, 0.15) is 11.6 Å². The van der Waals surface area contributed by atoms with Gasteiger partial charge in [-0.05, 0) is 58.0 Å². The predicted molar refractivity (Wildman–Crippen MR) is 159 cm³/mol. The molecule has 1 aliphatic heterocycles. The van der Waals surface area contributed by atoms with Crippen LogP contribution in [0.1, 0.15) is 47.7 Å². The zero-order valence-electron chi connectivity index (χ0n) is 22.3. The summed E-state index contributed by atoms with van der Waals surface area (Å²) in [5.41, 5.74) is 9.33. The largest absolute Gasteiger partial charge is 0.324 e. The summed E-state index contributed by atoms with van der Waals surface area (Å²) in [5.74, 6) is -1.21. The maximum Gasteiger partial charge on any atom is 0.246 e. The SMILES string of the molecule is C.Cc1sc(C)c2c1C(c1c(F)cccc1F)=NCc1cnc(Nc3cccc(N(C)C(=O)C(C)(C)N)c3)nc1-2. The summed E-state index contributed by atoms with van der Waals surface area (Å²) >= 11 is 1.53. The highest BCUT2D eigenvalue weighted by molar-refractivity contribution is 7.12.